The Morgan fingerprint density at radius 3 is 2.75 bits per heavy atom. The number of nitrogens with one attached hydrogen (secondary N) is 1. The molecule has 2 N–H and O–H groups in total. The zero-order valence-corrected chi connectivity index (χ0v) is 15.3. The lowest BCUT2D eigenvalue weighted by Gasteiger charge is -2.27. The van der Waals surface area contributed by atoms with Gasteiger partial charge in [0.1, 0.15) is 6.61 Å². The van der Waals surface area contributed by atoms with Gasteiger partial charge in [0.25, 0.3) is 0 Å². The molecule has 158 valence electrons. The van der Waals surface area contributed by atoms with Crippen molar-refractivity contribution in [2.24, 2.45) is 11.3 Å². The molecular weight excluding hydrogens is 385 g/mol. The average molecular weight is 408 g/mol. The van der Waals surface area contributed by atoms with E-state index in [-0.39, 0.29) is 17.9 Å². The fourth-order valence-corrected chi connectivity index (χ4v) is 3.41. The number of hydrogen-bond acceptors (Lipinski definition) is 6. The van der Waals surface area contributed by atoms with Crippen LogP contribution < -0.4 is 5.32 Å². The Morgan fingerprint density at radius 1 is 1.46 bits per heavy atom. The highest BCUT2D eigenvalue weighted by Gasteiger charge is 2.50. The van der Waals surface area contributed by atoms with E-state index < -0.39 is 12.1 Å². The van der Waals surface area contributed by atoms with Crippen LogP contribution >= 0.6 is 0 Å². The number of nitrogens with zero attached hydrogens (tertiary/aromatic N) is 1. The molecule has 2 aliphatic rings. The van der Waals surface area contributed by atoms with E-state index in [2.05, 4.69) is 10.2 Å². The Labute approximate surface area is 159 Å². The quantitative estimate of drug-likeness (QED) is 0.728. The number of fused-ring (bicyclic) bond motifs is 1. The average Bonchev–Trinajstić information content (AvgIpc) is 3.29. The van der Waals surface area contributed by atoms with Gasteiger partial charge < -0.3 is 24.3 Å². The van der Waals surface area contributed by atoms with E-state index in [1.54, 1.807) is 12.5 Å². The van der Waals surface area contributed by atoms with E-state index in [4.69, 9.17) is 23.8 Å². The molecule has 0 saturated carbocycles. The second-order valence-electron chi connectivity index (χ2n) is 6.89. The summed E-state index contributed by atoms with van der Waals surface area (Å²) in [5.41, 5.74) is 1.22. The highest BCUT2D eigenvalue weighted by molar-refractivity contribution is 5.77. The summed E-state index contributed by atoms with van der Waals surface area (Å²) in [6.07, 6.45) is -1.59. The van der Waals surface area contributed by atoms with E-state index >= 15 is 0 Å². The molecule has 8 nitrogen and oxygen atoms in total. The van der Waals surface area contributed by atoms with Crippen LogP contribution in [0, 0.1) is 11.3 Å². The van der Waals surface area contributed by atoms with Gasteiger partial charge in [-0.05, 0) is 6.07 Å². The molecule has 1 aromatic heterocycles. The summed E-state index contributed by atoms with van der Waals surface area (Å²) >= 11 is 0. The topological polar surface area (TPSA) is 101 Å². The van der Waals surface area contributed by atoms with Crippen molar-refractivity contribution in [1.82, 2.24) is 10.2 Å². The summed E-state index contributed by atoms with van der Waals surface area (Å²) in [4.78, 5) is 22.9. The Balaban J connectivity index is 0.000000345. The molecule has 3 rings (SSSR count). The third-order valence-corrected chi connectivity index (χ3v) is 4.73. The predicted molar refractivity (Wildman–Crippen MR) is 89.3 cm³/mol. The number of alkyl halides is 3. The molecular formula is C17H23F3N2O6. The lowest BCUT2D eigenvalue weighted by atomic mass is 9.81. The van der Waals surface area contributed by atoms with Crippen LogP contribution in [0.1, 0.15) is 5.56 Å². The minimum atomic E-state index is -5.08. The number of carboxylic acid groups (broad SMARTS) is 1. The van der Waals surface area contributed by atoms with Crippen molar-refractivity contribution in [2.45, 2.75) is 12.7 Å². The van der Waals surface area contributed by atoms with Crippen LogP contribution in [0.3, 0.4) is 0 Å². The monoisotopic (exact) mass is 408 g/mol. The highest BCUT2D eigenvalue weighted by Crippen LogP contribution is 2.41. The summed E-state index contributed by atoms with van der Waals surface area (Å²) in [5.74, 6) is -2.34. The molecule has 28 heavy (non-hydrogen) atoms. The number of carboxylic acids is 1. The maximum absolute atomic E-state index is 11.6. The molecule has 2 atom stereocenters. The van der Waals surface area contributed by atoms with Gasteiger partial charge in [-0.1, -0.05) is 0 Å². The van der Waals surface area contributed by atoms with Gasteiger partial charge in [-0.25, -0.2) is 4.79 Å². The number of halogens is 3. The van der Waals surface area contributed by atoms with Crippen LogP contribution in [0.15, 0.2) is 23.0 Å². The summed E-state index contributed by atoms with van der Waals surface area (Å²) in [7, 11) is 1.53. The maximum atomic E-state index is 11.6. The van der Waals surface area contributed by atoms with E-state index in [0.29, 0.717) is 19.1 Å². The number of methoxy groups -OCH3 is 1. The number of ether oxygens (including phenoxy) is 2. The molecule has 2 aliphatic heterocycles. The summed E-state index contributed by atoms with van der Waals surface area (Å²) in [5, 5.41) is 10.1. The number of rotatable bonds is 6. The Morgan fingerprint density at radius 2 is 2.18 bits per heavy atom. The summed E-state index contributed by atoms with van der Waals surface area (Å²) < 4.78 is 47.4. The first kappa shape index (κ1) is 22.2. The number of aliphatic carboxylic acids is 1. The van der Waals surface area contributed by atoms with E-state index in [0.717, 1.165) is 26.2 Å². The van der Waals surface area contributed by atoms with Crippen LogP contribution in [0.5, 0.6) is 0 Å². The maximum Gasteiger partial charge on any atom is 0.490 e. The van der Waals surface area contributed by atoms with Gasteiger partial charge in [-0.2, -0.15) is 13.2 Å². The molecule has 11 heteroatoms. The number of hydrogen-bond donors (Lipinski definition) is 2. The highest BCUT2D eigenvalue weighted by atomic mass is 19.4. The lowest BCUT2D eigenvalue weighted by molar-refractivity contribution is -0.192. The third-order valence-electron chi connectivity index (χ3n) is 4.73. The zero-order chi connectivity index (χ0) is 20.8. The predicted octanol–water partition coefficient (Wildman–Crippen LogP) is 1.12. The zero-order valence-electron chi connectivity index (χ0n) is 15.3. The number of carbonyl (C=O) groups is 2. The second-order valence-corrected chi connectivity index (χ2v) is 6.89. The van der Waals surface area contributed by atoms with E-state index in [1.165, 1.54) is 12.7 Å². The third kappa shape index (κ3) is 5.94. The van der Waals surface area contributed by atoms with Crippen molar-refractivity contribution in [1.29, 1.82) is 0 Å². The molecule has 1 amide bonds. The molecule has 0 aromatic carbocycles. The first-order chi connectivity index (χ1) is 13.2. The summed E-state index contributed by atoms with van der Waals surface area (Å²) in [6, 6.07) is 2.00. The Bertz CT molecular complexity index is 652. The van der Waals surface area contributed by atoms with Crippen LogP contribution in [0.4, 0.5) is 13.2 Å². The summed E-state index contributed by atoms with van der Waals surface area (Å²) in [6.45, 7) is 5.10. The molecule has 1 aromatic rings. The smallest absolute Gasteiger partial charge is 0.475 e. The lowest BCUT2D eigenvalue weighted by Crippen LogP contribution is -2.44. The van der Waals surface area contributed by atoms with Crippen molar-refractivity contribution in [3.63, 3.8) is 0 Å². The molecule has 0 unspecified atom stereocenters. The van der Waals surface area contributed by atoms with Crippen LogP contribution in [-0.2, 0) is 25.6 Å². The molecule has 2 fully saturated rings. The van der Waals surface area contributed by atoms with Crippen molar-refractivity contribution in [2.75, 3.05) is 46.6 Å². The van der Waals surface area contributed by atoms with Gasteiger partial charge in [0, 0.05) is 50.2 Å². The van der Waals surface area contributed by atoms with Crippen molar-refractivity contribution >= 4 is 11.9 Å². The van der Waals surface area contributed by atoms with Crippen molar-refractivity contribution in [3.8, 4) is 0 Å². The second kappa shape index (κ2) is 9.39. The van der Waals surface area contributed by atoms with Gasteiger partial charge >= 0.3 is 12.1 Å². The van der Waals surface area contributed by atoms with Gasteiger partial charge in [-0.15, -0.1) is 0 Å². The van der Waals surface area contributed by atoms with Crippen LogP contribution in [0.25, 0.3) is 0 Å². The fraction of sp³-hybridized carbons (Fsp3) is 0.647. The first-order valence-electron chi connectivity index (χ1n) is 8.53. The molecule has 0 radical (unpaired) electrons. The number of amides is 1. The van der Waals surface area contributed by atoms with E-state index in [1.807, 2.05) is 6.07 Å². The van der Waals surface area contributed by atoms with Crippen molar-refractivity contribution in [3.05, 3.63) is 24.2 Å². The number of carbonyl (C=O) groups excluding carboxylic acids is 1. The molecule has 0 bridgehead atoms. The largest absolute Gasteiger partial charge is 0.490 e. The molecule has 3 heterocycles. The molecule has 2 saturated heterocycles. The minimum absolute atomic E-state index is 0.0349. The fourth-order valence-electron chi connectivity index (χ4n) is 3.41. The van der Waals surface area contributed by atoms with Crippen LogP contribution in [0.2, 0.25) is 0 Å². The van der Waals surface area contributed by atoms with Gasteiger partial charge in [0.05, 0.1) is 25.7 Å². The van der Waals surface area contributed by atoms with Crippen molar-refractivity contribution < 1.29 is 41.8 Å². The first-order valence-corrected chi connectivity index (χ1v) is 8.53. The molecule has 0 aliphatic carbocycles. The van der Waals surface area contributed by atoms with Crippen LogP contribution in [-0.4, -0.2) is 74.6 Å². The number of furan rings is 1. The van der Waals surface area contributed by atoms with E-state index in [9.17, 15) is 18.0 Å². The minimum Gasteiger partial charge on any atom is -0.475 e. The van der Waals surface area contributed by atoms with Gasteiger partial charge in [-0.3, -0.25) is 9.69 Å². The number of likely N-dealkylation sites (tertiary alicyclic amines) is 1. The SMILES string of the molecule is COCC(=O)NC[C@]12COC[C@H]1CN(Cc1ccoc1)C2.O=C(O)C(F)(F)F. The standard InChI is InChI=1S/C15H22N2O4.C2HF3O2/c1-19-8-14(18)16-9-15-10-17(4-12-2-3-20-6-12)5-13(15)7-21-11-15;3-2(4,5)1(6)7/h2-3,6,13H,4-5,7-11H2,1H3,(H,16,18);(H,6,7)/t13-,15+;/m1./s1. The molecule has 0 spiro atoms. The Hall–Kier alpha value is -2.11. The van der Waals surface area contributed by atoms with Gasteiger partial charge in [0.15, 0.2) is 0 Å². The Kier molecular flexibility index (Phi) is 7.44. The van der Waals surface area contributed by atoms with Gasteiger partial charge in [0.2, 0.25) is 5.91 Å². The normalized spacial score (nSPS) is 24.4.